The zero-order valence-electron chi connectivity index (χ0n) is 17.7. The van der Waals surface area contributed by atoms with Crippen LogP contribution in [-0.2, 0) is 11.3 Å². The van der Waals surface area contributed by atoms with E-state index in [1.54, 1.807) is 7.05 Å². The van der Waals surface area contributed by atoms with Crippen molar-refractivity contribution in [2.75, 3.05) is 26.7 Å². The van der Waals surface area contributed by atoms with Crippen LogP contribution in [0.4, 0.5) is 4.79 Å². The van der Waals surface area contributed by atoms with Crippen LogP contribution in [0.1, 0.15) is 44.7 Å². The molecular formula is C21H34N4O3. The largest absolute Gasteiger partial charge is 0.493 e. The molecule has 0 unspecified atom stereocenters. The van der Waals surface area contributed by atoms with Crippen molar-refractivity contribution in [3.05, 3.63) is 29.3 Å². The van der Waals surface area contributed by atoms with Crippen LogP contribution in [0.15, 0.2) is 23.2 Å². The standard InChI is InChI=1S/C21H34N4O3/c1-15-6-9-17(18(12-15)27-14-16-7-8-16)13-25-19(22-5)23-10-11-24-20(26)28-21(2,3)4/h6,9,12,16H,7-8,10-11,13-14H2,1-5H3,(H,24,26)(H2,22,23,25). The summed E-state index contributed by atoms with van der Waals surface area (Å²) < 4.78 is 11.2. The summed E-state index contributed by atoms with van der Waals surface area (Å²) in [5.41, 5.74) is 1.79. The molecule has 156 valence electrons. The number of alkyl carbamates (subject to hydrolysis) is 1. The van der Waals surface area contributed by atoms with Crippen molar-refractivity contribution in [3.8, 4) is 5.75 Å². The molecule has 7 heteroatoms. The van der Waals surface area contributed by atoms with Gasteiger partial charge in [0.15, 0.2) is 5.96 Å². The summed E-state index contributed by atoms with van der Waals surface area (Å²) in [7, 11) is 1.72. The Morgan fingerprint density at radius 2 is 1.89 bits per heavy atom. The van der Waals surface area contributed by atoms with Crippen LogP contribution < -0.4 is 20.7 Å². The maximum atomic E-state index is 11.6. The fourth-order valence-electron chi connectivity index (χ4n) is 2.49. The van der Waals surface area contributed by atoms with Crippen LogP contribution in [0.2, 0.25) is 0 Å². The van der Waals surface area contributed by atoms with Crippen molar-refractivity contribution >= 4 is 12.1 Å². The number of carbonyl (C=O) groups excluding carboxylic acids is 1. The van der Waals surface area contributed by atoms with Gasteiger partial charge in [0, 0.05) is 32.2 Å². The molecule has 1 aliphatic carbocycles. The second kappa shape index (κ2) is 10.2. The van der Waals surface area contributed by atoms with Gasteiger partial charge in [-0.3, -0.25) is 4.99 Å². The van der Waals surface area contributed by atoms with Gasteiger partial charge in [-0.15, -0.1) is 0 Å². The smallest absolute Gasteiger partial charge is 0.407 e. The molecule has 1 amide bonds. The lowest BCUT2D eigenvalue weighted by atomic mass is 10.1. The minimum absolute atomic E-state index is 0.422. The Morgan fingerprint density at radius 3 is 2.54 bits per heavy atom. The van der Waals surface area contributed by atoms with E-state index in [0.717, 1.165) is 17.9 Å². The van der Waals surface area contributed by atoms with E-state index >= 15 is 0 Å². The highest BCUT2D eigenvalue weighted by Crippen LogP contribution is 2.30. The van der Waals surface area contributed by atoms with Crippen molar-refractivity contribution in [1.29, 1.82) is 0 Å². The van der Waals surface area contributed by atoms with Gasteiger partial charge in [0.05, 0.1) is 6.61 Å². The summed E-state index contributed by atoms with van der Waals surface area (Å²) in [5, 5.41) is 9.18. The lowest BCUT2D eigenvalue weighted by molar-refractivity contribution is 0.0529. The topological polar surface area (TPSA) is 84.0 Å². The maximum absolute atomic E-state index is 11.6. The number of rotatable bonds is 8. The highest BCUT2D eigenvalue weighted by Gasteiger charge is 2.22. The lowest BCUT2D eigenvalue weighted by Crippen LogP contribution is -2.42. The monoisotopic (exact) mass is 390 g/mol. The van der Waals surface area contributed by atoms with Gasteiger partial charge >= 0.3 is 6.09 Å². The summed E-state index contributed by atoms with van der Waals surface area (Å²) in [6, 6.07) is 6.25. The van der Waals surface area contributed by atoms with E-state index < -0.39 is 11.7 Å². The highest BCUT2D eigenvalue weighted by molar-refractivity contribution is 5.79. The summed E-state index contributed by atoms with van der Waals surface area (Å²) in [6.07, 6.45) is 2.12. The molecule has 0 bridgehead atoms. The number of nitrogens with zero attached hydrogens (tertiary/aromatic N) is 1. The number of carbonyl (C=O) groups is 1. The van der Waals surface area contributed by atoms with Crippen LogP contribution in [0.3, 0.4) is 0 Å². The average molecular weight is 391 g/mol. The summed E-state index contributed by atoms with van der Waals surface area (Å²) in [6.45, 7) is 9.96. The minimum atomic E-state index is -0.498. The number of aryl methyl sites for hydroxylation is 1. The van der Waals surface area contributed by atoms with E-state index in [1.165, 1.54) is 18.4 Å². The molecule has 1 fully saturated rings. The zero-order valence-corrected chi connectivity index (χ0v) is 17.7. The molecule has 0 spiro atoms. The van der Waals surface area contributed by atoms with Crippen molar-refractivity contribution in [3.63, 3.8) is 0 Å². The van der Waals surface area contributed by atoms with Gasteiger partial charge < -0.3 is 25.4 Å². The summed E-state index contributed by atoms with van der Waals surface area (Å²) >= 11 is 0. The lowest BCUT2D eigenvalue weighted by Gasteiger charge is -2.20. The number of nitrogens with one attached hydrogen (secondary N) is 3. The first-order valence-corrected chi connectivity index (χ1v) is 9.90. The fraction of sp³-hybridized carbons (Fsp3) is 0.619. The number of aliphatic imine (C=N–C) groups is 1. The van der Waals surface area contributed by atoms with E-state index in [9.17, 15) is 4.79 Å². The van der Waals surface area contributed by atoms with Gasteiger partial charge in [0.1, 0.15) is 11.4 Å². The summed E-state index contributed by atoms with van der Waals surface area (Å²) in [5.74, 6) is 2.31. The number of ether oxygens (including phenoxy) is 2. The van der Waals surface area contributed by atoms with Crippen molar-refractivity contribution in [2.45, 2.75) is 52.7 Å². The second-order valence-electron chi connectivity index (χ2n) is 8.15. The molecule has 3 N–H and O–H groups in total. The Morgan fingerprint density at radius 1 is 1.18 bits per heavy atom. The Hall–Kier alpha value is -2.44. The number of benzene rings is 1. The molecule has 0 saturated heterocycles. The molecule has 1 aliphatic rings. The van der Waals surface area contributed by atoms with Crippen LogP contribution in [-0.4, -0.2) is 44.4 Å². The van der Waals surface area contributed by atoms with Crippen molar-refractivity contribution in [1.82, 2.24) is 16.0 Å². The van der Waals surface area contributed by atoms with E-state index in [4.69, 9.17) is 9.47 Å². The van der Waals surface area contributed by atoms with E-state index in [-0.39, 0.29) is 0 Å². The SMILES string of the molecule is CN=C(NCCNC(=O)OC(C)(C)C)NCc1ccc(C)cc1OCC1CC1. The molecule has 1 aromatic rings. The Labute approximate surface area is 168 Å². The second-order valence-corrected chi connectivity index (χ2v) is 8.15. The Kier molecular flexibility index (Phi) is 7.96. The molecule has 7 nitrogen and oxygen atoms in total. The molecule has 0 radical (unpaired) electrons. The number of guanidine groups is 1. The first-order chi connectivity index (χ1) is 13.3. The van der Waals surface area contributed by atoms with Gasteiger partial charge in [0.2, 0.25) is 0 Å². The average Bonchev–Trinajstić information content (AvgIpc) is 3.43. The van der Waals surface area contributed by atoms with Crippen molar-refractivity contribution in [2.24, 2.45) is 10.9 Å². The molecule has 2 rings (SSSR count). The van der Waals surface area contributed by atoms with Crippen LogP contribution in [0.25, 0.3) is 0 Å². The first kappa shape index (κ1) is 21.9. The molecule has 0 atom stereocenters. The maximum Gasteiger partial charge on any atom is 0.407 e. The Balaban J connectivity index is 1.75. The molecule has 1 saturated carbocycles. The van der Waals surface area contributed by atoms with Gasteiger partial charge in [0.25, 0.3) is 0 Å². The normalized spacial score (nSPS) is 14.4. The van der Waals surface area contributed by atoms with Crippen LogP contribution in [0.5, 0.6) is 5.75 Å². The number of hydrogen-bond donors (Lipinski definition) is 3. The van der Waals surface area contributed by atoms with Crippen LogP contribution in [0, 0.1) is 12.8 Å². The van der Waals surface area contributed by atoms with E-state index in [1.807, 2.05) is 20.8 Å². The third-order valence-electron chi connectivity index (χ3n) is 4.15. The molecular weight excluding hydrogens is 356 g/mol. The molecule has 0 aromatic heterocycles. The van der Waals surface area contributed by atoms with Gasteiger partial charge in [-0.1, -0.05) is 12.1 Å². The molecule has 0 heterocycles. The molecule has 1 aromatic carbocycles. The van der Waals surface area contributed by atoms with Gasteiger partial charge in [-0.05, 0) is 58.1 Å². The number of amides is 1. The molecule has 28 heavy (non-hydrogen) atoms. The molecule has 0 aliphatic heterocycles. The van der Waals surface area contributed by atoms with Gasteiger partial charge in [-0.25, -0.2) is 4.79 Å². The third-order valence-corrected chi connectivity index (χ3v) is 4.15. The predicted octanol–water partition coefficient (Wildman–Crippen LogP) is 2.97. The zero-order chi connectivity index (χ0) is 20.6. The minimum Gasteiger partial charge on any atom is -0.493 e. The van der Waals surface area contributed by atoms with E-state index in [2.05, 4.69) is 46.1 Å². The summed E-state index contributed by atoms with van der Waals surface area (Å²) in [4.78, 5) is 15.9. The fourth-order valence-corrected chi connectivity index (χ4v) is 2.49. The van der Waals surface area contributed by atoms with Crippen LogP contribution >= 0.6 is 0 Å². The quantitative estimate of drug-likeness (QED) is 0.361. The first-order valence-electron chi connectivity index (χ1n) is 9.90. The van der Waals surface area contributed by atoms with Gasteiger partial charge in [-0.2, -0.15) is 0 Å². The van der Waals surface area contributed by atoms with E-state index in [0.29, 0.717) is 31.5 Å². The van der Waals surface area contributed by atoms with Crippen molar-refractivity contribution < 1.29 is 14.3 Å². The highest BCUT2D eigenvalue weighted by atomic mass is 16.6. The number of hydrogen-bond acceptors (Lipinski definition) is 4. The Bertz CT molecular complexity index is 679. The third kappa shape index (κ3) is 8.50. The predicted molar refractivity (Wildman–Crippen MR) is 112 cm³/mol.